The molecule has 6 heteroatoms. The Balaban J connectivity index is 2.49. The fourth-order valence-corrected chi connectivity index (χ4v) is 2.42. The minimum atomic E-state index is -0.718. The third-order valence-corrected chi connectivity index (χ3v) is 3.39. The van der Waals surface area contributed by atoms with Gasteiger partial charge >= 0.3 is 11.9 Å². The van der Waals surface area contributed by atoms with Crippen LogP contribution in [-0.4, -0.2) is 45.0 Å². The van der Waals surface area contributed by atoms with E-state index < -0.39 is 18.0 Å². The second kappa shape index (κ2) is 7.26. The molecule has 0 aromatic carbocycles. The van der Waals surface area contributed by atoms with Crippen LogP contribution in [0.4, 0.5) is 0 Å². The Hall–Kier alpha value is -2.08. The van der Waals surface area contributed by atoms with Crippen molar-refractivity contribution < 1.29 is 28.5 Å². The first-order chi connectivity index (χ1) is 10.6. The Morgan fingerprint density at radius 3 is 2.41 bits per heavy atom. The number of fused-ring (bicyclic) bond motifs is 1. The number of allylic oxidation sites excluding steroid dienone is 1. The van der Waals surface area contributed by atoms with Crippen LogP contribution in [0.2, 0.25) is 0 Å². The monoisotopic (exact) mass is 308 g/mol. The quantitative estimate of drug-likeness (QED) is 0.333. The Morgan fingerprint density at radius 2 is 1.86 bits per heavy atom. The van der Waals surface area contributed by atoms with E-state index in [9.17, 15) is 9.59 Å². The first-order valence-electron chi connectivity index (χ1n) is 7.29. The summed E-state index contributed by atoms with van der Waals surface area (Å²) in [4.78, 5) is 24.4. The maximum atomic E-state index is 12.2. The van der Waals surface area contributed by atoms with Gasteiger partial charge in [0.2, 0.25) is 0 Å². The SMILES string of the molecule is CCOC(=O)C(C(=O)OCC)=C1C=C2OCCC2=CC1OC. The van der Waals surface area contributed by atoms with Crippen LogP contribution in [-0.2, 0) is 28.5 Å². The summed E-state index contributed by atoms with van der Waals surface area (Å²) >= 11 is 0. The summed E-state index contributed by atoms with van der Waals surface area (Å²) in [5.74, 6) is -0.774. The van der Waals surface area contributed by atoms with Crippen LogP contribution in [0.1, 0.15) is 20.3 Å². The highest BCUT2D eigenvalue weighted by Crippen LogP contribution is 2.33. The lowest BCUT2D eigenvalue weighted by molar-refractivity contribution is -0.146. The number of carbonyl (C=O) groups excluding carboxylic acids is 2. The number of rotatable bonds is 5. The van der Waals surface area contributed by atoms with Crippen molar-refractivity contribution in [2.75, 3.05) is 26.9 Å². The van der Waals surface area contributed by atoms with E-state index in [4.69, 9.17) is 18.9 Å². The minimum absolute atomic E-state index is 0.145. The van der Waals surface area contributed by atoms with Crippen LogP contribution < -0.4 is 0 Å². The topological polar surface area (TPSA) is 71.1 Å². The number of hydrogen-bond acceptors (Lipinski definition) is 6. The lowest BCUT2D eigenvalue weighted by Gasteiger charge is -2.21. The largest absolute Gasteiger partial charge is 0.493 e. The van der Waals surface area contributed by atoms with E-state index in [0.717, 1.165) is 12.0 Å². The van der Waals surface area contributed by atoms with Crippen molar-refractivity contribution in [2.24, 2.45) is 0 Å². The van der Waals surface area contributed by atoms with E-state index in [0.29, 0.717) is 17.9 Å². The van der Waals surface area contributed by atoms with Crippen LogP contribution in [0.5, 0.6) is 0 Å². The molecule has 0 aromatic heterocycles. The van der Waals surface area contributed by atoms with Crippen molar-refractivity contribution in [1.29, 1.82) is 0 Å². The Morgan fingerprint density at radius 1 is 1.23 bits per heavy atom. The maximum Gasteiger partial charge on any atom is 0.345 e. The summed E-state index contributed by atoms with van der Waals surface area (Å²) in [6.45, 7) is 4.27. The predicted molar refractivity (Wildman–Crippen MR) is 77.8 cm³/mol. The molecular weight excluding hydrogens is 288 g/mol. The lowest BCUT2D eigenvalue weighted by atomic mass is 9.93. The molecule has 1 fully saturated rings. The summed E-state index contributed by atoms with van der Waals surface area (Å²) in [5.41, 5.74) is 1.27. The van der Waals surface area contributed by atoms with Crippen LogP contribution in [0.15, 0.2) is 34.6 Å². The molecule has 1 unspecified atom stereocenters. The zero-order valence-electron chi connectivity index (χ0n) is 13.0. The summed E-state index contributed by atoms with van der Waals surface area (Å²) in [6, 6.07) is 0. The van der Waals surface area contributed by atoms with Gasteiger partial charge in [-0.1, -0.05) is 0 Å². The number of hydrogen-bond donors (Lipinski definition) is 0. The van der Waals surface area contributed by atoms with E-state index >= 15 is 0 Å². The van der Waals surface area contributed by atoms with Crippen molar-refractivity contribution >= 4 is 11.9 Å². The molecule has 0 radical (unpaired) electrons. The van der Waals surface area contributed by atoms with Crippen LogP contribution in [0, 0.1) is 0 Å². The molecule has 2 aliphatic rings. The number of carbonyl (C=O) groups is 2. The van der Waals surface area contributed by atoms with Crippen LogP contribution in [0.3, 0.4) is 0 Å². The molecule has 120 valence electrons. The van der Waals surface area contributed by atoms with Crippen molar-refractivity contribution in [1.82, 2.24) is 0 Å². The van der Waals surface area contributed by atoms with E-state index in [1.54, 1.807) is 19.9 Å². The predicted octanol–water partition coefficient (Wildman–Crippen LogP) is 1.67. The molecule has 0 saturated carbocycles. The zero-order chi connectivity index (χ0) is 16.1. The normalized spacial score (nSPS) is 19.6. The molecule has 22 heavy (non-hydrogen) atoms. The van der Waals surface area contributed by atoms with Gasteiger partial charge in [-0.15, -0.1) is 0 Å². The van der Waals surface area contributed by atoms with Gasteiger partial charge in [0, 0.05) is 19.1 Å². The molecule has 0 aromatic rings. The molecule has 0 N–H and O–H groups in total. The Bertz CT molecular complexity index is 535. The Labute approximate surface area is 129 Å². The van der Waals surface area contributed by atoms with Gasteiger partial charge in [-0.2, -0.15) is 0 Å². The molecule has 1 atom stereocenters. The van der Waals surface area contributed by atoms with E-state index in [1.807, 2.05) is 6.08 Å². The van der Waals surface area contributed by atoms with Gasteiger partial charge in [0.1, 0.15) is 11.9 Å². The molecule has 2 rings (SSSR count). The lowest BCUT2D eigenvalue weighted by Crippen LogP contribution is -2.26. The Kier molecular flexibility index (Phi) is 5.38. The molecule has 6 nitrogen and oxygen atoms in total. The maximum absolute atomic E-state index is 12.2. The van der Waals surface area contributed by atoms with Gasteiger partial charge in [-0.3, -0.25) is 0 Å². The molecule has 1 saturated heterocycles. The van der Waals surface area contributed by atoms with Crippen molar-refractivity contribution in [3.8, 4) is 0 Å². The third-order valence-electron chi connectivity index (χ3n) is 3.39. The summed E-state index contributed by atoms with van der Waals surface area (Å²) in [7, 11) is 1.52. The van der Waals surface area contributed by atoms with E-state index in [2.05, 4.69) is 0 Å². The smallest absolute Gasteiger partial charge is 0.345 e. The second-order valence-corrected chi connectivity index (χ2v) is 4.73. The zero-order valence-corrected chi connectivity index (χ0v) is 13.0. The van der Waals surface area contributed by atoms with E-state index in [1.165, 1.54) is 7.11 Å². The van der Waals surface area contributed by atoms with Gasteiger partial charge in [-0.05, 0) is 31.6 Å². The highest BCUT2D eigenvalue weighted by Gasteiger charge is 2.33. The van der Waals surface area contributed by atoms with Gasteiger partial charge in [-0.25, -0.2) is 9.59 Å². The highest BCUT2D eigenvalue weighted by atomic mass is 16.6. The summed E-state index contributed by atoms with van der Waals surface area (Å²) in [5, 5.41) is 0. The van der Waals surface area contributed by atoms with Gasteiger partial charge in [0.15, 0.2) is 5.57 Å². The van der Waals surface area contributed by atoms with Crippen LogP contribution in [0.25, 0.3) is 0 Å². The molecule has 0 bridgehead atoms. The average molecular weight is 308 g/mol. The summed E-state index contributed by atoms with van der Waals surface area (Å²) < 4.78 is 20.9. The molecule has 1 aliphatic carbocycles. The number of methoxy groups -OCH3 is 1. The number of ether oxygens (including phenoxy) is 4. The van der Waals surface area contributed by atoms with E-state index in [-0.39, 0.29) is 18.8 Å². The van der Waals surface area contributed by atoms with Gasteiger partial charge < -0.3 is 18.9 Å². The number of esters is 2. The van der Waals surface area contributed by atoms with Crippen molar-refractivity contribution in [3.63, 3.8) is 0 Å². The first-order valence-corrected chi connectivity index (χ1v) is 7.29. The fraction of sp³-hybridized carbons (Fsp3) is 0.500. The van der Waals surface area contributed by atoms with Crippen LogP contribution >= 0.6 is 0 Å². The minimum Gasteiger partial charge on any atom is -0.493 e. The highest BCUT2D eigenvalue weighted by molar-refractivity contribution is 6.15. The molecule has 0 spiro atoms. The van der Waals surface area contributed by atoms with Gasteiger partial charge in [0.25, 0.3) is 0 Å². The molecule has 0 amide bonds. The molecular formula is C16H20O6. The third kappa shape index (κ3) is 3.22. The second-order valence-electron chi connectivity index (χ2n) is 4.73. The first kappa shape index (κ1) is 16.3. The standard InChI is InChI=1S/C16H20O6/c1-4-20-15(17)14(16(18)21-5-2)11-9-12-10(6-7-22-12)8-13(11)19-3/h8-9,13H,4-7H2,1-3H3. The van der Waals surface area contributed by atoms with Crippen molar-refractivity contribution in [2.45, 2.75) is 26.4 Å². The van der Waals surface area contributed by atoms with Gasteiger partial charge in [0.05, 0.1) is 19.8 Å². The average Bonchev–Trinajstić information content (AvgIpc) is 2.94. The summed E-state index contributed by atoms with van der Waals surface area (Å²) in [6.07, 6.45) is 3.80. The van der Waals surface area contributed by atoms with Crippen molar-refractivity contribution in [3.05, 3.63) is 34.6 Å². The fourth-order valence-electron chi connectivity index (χ4n) is 2.42. The molecule has 1 heterocycles. The molecule has 1 aliphatic heterocycles.